The summed E-state index contributed by atoms with van der Waals surface area (Å²) in [6.45, 7) is 4.48. The van der Waals surface area contributed by atoms with Crippen molar-refractivity contribution in [2.45, 2.75) is 13.3 Å². The fourth-order valence-electron chi connectivity index (χ4n) is 2.15. The molecule has 0 aliphatic carbocycles. The maximum absolute atomic E-state index is 11.8. The van der Waals surface area contributed by atoms with E-state index < -0.39 is 11.9 Å². The van der Waals surface area contributed by atoms with Crippen molar-refractivity contribution in [3.05, 3.63) is 0 Å². The lowest BCUT2D eigenvalue weighted by molar-refractivity contribution is -0.142. The van der Waals surface area contributed by atoms with Gasteiger partial charge in [0.2, 0.25) is 0 Å². The van der Waals surface area contributed by atoms with E-state index in [0.717, 1.165) is 19.5 Å². The number of aliphatic carboxylic acids is 1. The van der Waals surface area contributed by atoms with Crippen LogP contribution >= 0.6 is 0 Å². The fraction of sp³-hybridized carbons (Fsp3) is 0.800. The van der Waals surface area contributed by atoms with Crippen LogP contribution in [0.5, 0.6) is 0 Å². The Morgan fingerprint density at radius 3 is 2.27 bits per heavy atom. The van der Waals surface area contributed by atoms with Crippen LogP contribution in [0.25, 0.3) is 0 Å². The zero-order valence-corrected chi connectivity index (χ0v) is 8.85. The van der Waals surface area contributed by atoms with Crippen LogP contribution in [0.3, 0.4) is 0 Å². The number of carbonyl (C=O) groups is 2. The molecule has 2 fully saturated rings. The number of carboxylic acid groups (broad SMARTS) is 1. The van der Waals surface area contributed by atoms with Gasteiger partial charge in [-0.15, -0.1) is 0 Å². The minimum Gasteiger partial charge on any atom is -0.481 e. The van der Waals surface area contributed by atoms with Crippen LogP contribution in [-0.4, -0.2) is 53.1 Å². The lowest BCUT2D eigenvalue weighted by Gasteiger charge is -2.34. The van der Waals surface area contributed by atoms with Crippen molar-refractivity contribution in [3.63, 3.8) is 0 Å². The summed E-state index contributed by atoms with van der Waals surface area (Å²) in [5.41, 5.74) is 0. The number of carboxylic acids is 1. The summed E-state index contributed by atoms with van der Waals surface area (Å²) >= 11 is 0. The topological polar surface area (TPSA) is 60.9 Å². The molecule has 0 saturated carbocycles. The standard InChI is InChI=1S/C10H16N2O3/c1-7-5-12(6-8(7)9(13)14)10(15)11-3-2-4-11/h7-8H,2-6H2,1H3,(H,13,14). The minimum absolute atomic E-state index is 0.0110. The monoisotopic (exact) mass is 212 g/mol. The van der Waals surface area contributed by atoms with Crippen LogP contribution in [0.2, 0.25) is 0 Å². The minimum atomic E-state index is -0.790. The lowest BCUT2D eigenvalue weighted by atomic mass is 9.99. The molecule has 0 bridgehead atoms. The van der Waals surface area contributed by atoms with Crippen LogP contribution in [0.4, 0.5) is 4.79 Å². The van der Waals surface area contributed by atoms with E-state index in [1.54, 1.807) is 9.80 Å². The second-order valence-electron chi connectivity index (χ2n) is 4.45. The van der Waals surface area contributed by atoms with Gasteiger partial charge in [0.1, 0.15) is 0 Å². The molecule has 0 aromatic heterocycles. The predicted octanol–water partition coefficient (Wildman–Crippen LogP) is 0.465. The van der Waals surface area contributed by atoms with Gasteiger partial charge in [0.25, 0.3) is 0 Å². The molecule has 5 nitrogen and oxygen atoms in total. The van der Waals surface area contributed by atoms with Gasteiger partial charge < -0.3 is 14.9 Å². The number of hydrogen-bond donors (Lipinski definition) is 1. The summed E-state index contributed by atoms with van der Waals surface area (Å²) in [4.78, 5) is 26.1. The quantitative estimate of drug-likeness (QED) is 0.687. The van der Waals surface area contributed by atoms with Crippen molar-refractivity contribution in [1.29, 1.82) is 0 Å². The Bertz CT molecular complexity index is 288. The van der Waals surface area contributed by atoms with E-state index in [4.69, 9.17) is 5.11 Å². The second kappa shape index (κ2) is 3.72. The average molecular weight is 212 g/mol. The first-order valence-corrected chi connectivity index (χ1v) is 5.36. The van der Waals surface area contributed by atoms with Crippen LogP contribution in [0.1, 0.15) is 13.3 Å². The van der Waals surface area contributed by atoms with Crippen molar-refractivity contribution in [3.8, 4) is 0 Å². The predicted molar refractivity (Wildman–Crippen MR) is 53.4 cm³/mol. The van der Waals surface area contributed by atoms with E-state index in [1.807, 2.05) is 6.92 Å². The molecule has 0 aromatic carbocycles. The highest BCUT2D eigenvalue weighted by atomic mass is 16.4. The number of likely N-dealkylation sites (tertiary alicyclic amines) is 2. The fourth-order valence-corrected chi connectivity index (χ4v) is 2.15. The van der Waals surface area contributed by atoms with E-state index >= 15 is 0 Å². The van der Waals surface area contributed by atoms with Crippen LogP contribution < -0.4 is 0 Å². The van der Waals surface area contributed by atoms with E-state index in [9.17, 15) is 9.59 Å². The van der Waals surface area contributed by atoms with Crippen LogP contribution in [-0.2, 0) is 4.79 Å². The molecule has 2 unspecified atom stereocenters. The number of nitrogens with zero attached hydrogens (tertiary/aromatic N) is 2. The van der Waals surface area contributed by atoms with Gasteiger partial charge >= 0.3 is 12.0 Å². The SMILES string of the molecule is CC1CN(C(=O)N2CCC2)CC1C(=O)O. The zero-order valence-electron chi connectivity index (χ0n) is 8.85. The molecule has 2 amide bonds. The molecule has 2 saturated heterocycles. The summed E-state index contributed by atoms with van der Waals surface area (Å²) in [6, 6.07) is 0.0110. The van der Waals surface area contributed by atoms with Crippen molar-refractivity contribution in [1.82, 2.24) is 9.80 Å². The van der Waals surface area contributed by atoms with E-state index in [2.05, 4.69) is 0 Å². The third-order valence-electron chi connectivity index (χ3n) is 3.33. The Morgan fingerprint density at radius 2 is 1.87 bits per heavy atom. The Kier molecular flexibility index (Phi) is 2.54. The molecule has 0 spiro atoms. The number of carbonyl (C=O) groups excluding carboxylic acids is 1. The number of urea groups is 1. The summed E-state index contributed by atoms with van der Waals surface area (Å²) in [6.07, 6.45) is 1.07. The molecule has 0 aromatic rings. The van der Waals surface area contributed by atoms with Gasteiger partial charge in [0, 0.05) is 26.2 Å². The molecule has 5 heteroatoms. The number of hydrogen-bond acceptors (Lipinski definition) is 2. The first-order valence-electron chi connectivity index (χ1n) is 5.36. The Labute approximate surface area is 88.6 Å². The molecule has 84 valence electrons. The smallest absolute Gasteiger partial charge is 0.320 e. The summed E-state index contributed by atoms with van der Waals surface area (Å²) < 4.78 is 0. The Balaban J connectivity index is 1.95. The van der Waals surface area contributed by atoms with Gasteiger partial charge in [-0.2, -0.15) is 0 Å². The average Bonchev–Trinajstić information content (AvgIpc) is 2.44. The maximum atomic E-state index is 11.8. The molecule has 2 atom stereocenters. The number of amides is 2. The van der Waals surface area contributed by atoms with Gasteiger partial charge in [-0.05, 0) is 12.3 Å². The van der Waals surface area contributed by atoms with E-state index in [1.165, 1.54) is 0 Å². The summed E-state index contributed by atoms with van der Waals surface area (Å²) in [5.74, 6) is -1.12. The first-order chi connectivity index (χ1) is 7.09. The van der Waals surface area contributed by atoms with Gasteiger partial charge in [-0.25, -0.2) is 4.79 Å². The van der Waals surface area contributed by atoms with Gasteiger partial charge in [-0.1, -0.05) is 6.92 Å². The summed E-state index contributed by atoms with van der Waals surface area (Å²) in [7, 11) is 0. The Morgan fingerprint density at radius 1 is 1.20 bits per heavy atom. The van der Waals surface area contributed by atoms with E-state index in [0.29, 0.717) is 13.1 Å². The van der Waals surface area contributed by atoms with Gasteiger partial charge in [0.15, 0.2) is 0 Å². The Hall–Kier alpha value is -1.26. The molecule has 2 rings (SSSR count). The molecular formula is C10H16N2O3. The van der Waals surface area contributed by atoms with Crippen molar-refractivity contribution in [2.75, 3.05) is 26.2 Å². The highest BCUT2D eigenvalue weighted by molar-refractivity contribution is 5.78. The second-order valence-corrected chi connectivity index (χ2v) is 4.45. The largest absolute Gasteiger partial charge is 0.481 e. The molecule has 1 N–H and O–H groups in total. The third kappa shape index (κ3) is 1.78. The van der Waals surface area contributed by atoms with Crippen molar-refractivity contribution >= 4 is 12.0 Å². The normalized spacial score (nSPS) is 30.2. The van der Waals surface area contributed by atoms with Crippen LogP contribution in [0, 0.1) is 11.8 Å². The van der Waals surface area contributed by atoms with Crippen molar-refractivity contribution < 1.29 is 14.7 Å². The number of rotatable bonds is 1. The molecule has 2 aliphatic heterocycles. The van der Waals surface area contributed by atoms with Gasteiger partial charge in [0.05, 0.1) is 5.92 Å². The molecule has 2 heterocycles. The van der Waals surface area contributed by atoms with Crippen LogP contribution in [0.15, 0.2) is 0 Å². The highest BCUT2D eigenvalue weighted by Crippen LogP contribution is 2.25. The molecule has 0 radical (unpaired) electrons. The summed E-state index contributed by atoms with van der Waals surface area (Å²) in [5, 5.41) is 8.94. The third-order valence-corrected chi connectivity index (χ3v) is 3.33. The van der Waals surface area contributed by atoms with Crippen molar-refractivity contribution in [2.24, 2.45) is 11.8 Å². The molecule has 2 aliphatic rings. The first kappa shape index (κ1) is 10.3. The van der Waals surface area contributed by atoms with Gasteiger partial charge in [-0.3, -0.25) is 4.79 Å². The highest BCUT2D eigenvalue weighted by Gasteiger charge is 2.39. The zero-order chi connectivity index (χ0) is 11.0. The maximum Gasteiger partial charge on any atom is 0.320 e. The lowest BCUT2D eigenvalue weighted by Crippen LogP contribution is -2.49. The molecular weight excluding hydrogens is 196 g/mol. The molecule has 15 heavy (non-hydrogen) atoms. The van der Waals surface area contributed by atoms with E-state index in [-0.39, 0.29) is 11.9 Å².